The number of anilines is 2. The minimum atomic E-state index is 0.744. The zero-order chi connectivity index (χ0) is 11.5. The lowest BCUT2D eigenvalue weighted by Gasteiger charge is -2.09. The predicted octanol–water partition coefficient (Wildman–Crippen LogP) is 3.90. The maximum atomic E-state index is 5.90. The van der Waals surface area contributed by atoms with Crippen molar-refractivity contribution in [2.24, 2.45) is 0 Å². The summed E-state index contributed by atoms with van der Waals surface area (Å²) in [5.74, 6) is 0.850. The van der Waals surface area contributed by atoms with E-state index in [2.05, 4.69) is 39.8 Å². The summed E-state index contributed by atoms with van der Waals surface area (Å²) >= 11 is 8.15. The fraction of sp³-hybridized carbons (Fsp3) is 0.182. The number of benzene rings is 1. The molecule has 0 radical (unpaired) electrons. The molecule has 0 aliphatic carbocycles. The van der Waals surface area contributed by atoms with Crippen molar-refractivity contribution in [3.8, 4) is 0 Å². The number of aryl methyl sites for hydroxylation is 1. The van der Waals surface area contributed by atoms with Crippen LogP contribution in [0.4, 0.5) is 11.6 Å². The molecule has 2 aromatic rings. The first-order valence-electron chi connectivity index (χ1n) is 4.94. The molecule has 3 nitrogen and oxygen atoms in total. The first kappa shape index (κ1) is 11.7. The lowest BCUT2D eigenvalue weighted by atomic mass is 10.3. The van der Waals surface area contributed by atoms with Gasteiger partial charge in [-0.05, 0) is 47.7 Å². The van der Waals surface area contributed by atoms with E-state index in [1.807, 2.05) is 29.0 Å². The predicted molar refractivity (Wildman–Crippen MR) is 75.4 cm³/mol. The van der Waals surface area contributed by atoms with Crippen LogP contribution in [0.1, 0.15) is 6.92 Å². The number of rotatable bonds is 3. The van der Waals surface area contributed by atoms with E-state index < -0.39 is 0 Å². The average Bonchev–Trinajstić information content (AvgIpc) is 2.69. The standard InChI is InChI=1S/C11H11ClIN3/c1-2-16-6-5-14-11(16)15-10-4-3-8(12)7-9(10)13/h3-7H,2H2,1H3,(H,14,15). The molecule has 0 saturated carbocycles. The molecule has 2 rings (SSSR count). The Labute approximate surface area is 113 Å². The van der Waals surface area contributed by atoms with E-state index in [4.69, 9.17) is 11.6 Å². The lowest BCUT2D eigenvalue weighted by molar-refractivity contribution is 0.772. The number of nitrogens with one attached hydrogen (secondary N) is 1. The maximum absolute atomic E-state index is 5.90. The van der Waals surface area contributed by atoms with Crippen molar-refractivity contribution in [3.05, 3.63) is 39.2 Å². The van der Waals surface area contributed by atoms with E-state index in [0.29, 0.717) is 0 Å². The van der Waals surface area contributed by atoms with Crippen molar-refractivity contribution >= 4 is 45.8 Å². The van der Waals surface area contributed by atoms with Gasteiger partial charge in [0.05, 0.1) is 5.69 Å². The van der Waals surface area contributed by atoms with E-state index in [0.717, 1.165) is 26.8 Å². The van der Waals surface area contributed by atoms with Crippen molar-refractivity contribution in [2.45, 2.75) is 13.5 Å². The van der Waals surface area contributed by atoms with E-state index in [-0.39, 0.29) is 0 Å². The van der Waals surface area contributed by atoms with Crippen LogP contribution in [0.5, 0.6) is 0 Å². The summed E-state index contributed by atoms with van der Waals surface area (Å²) in [6.07, 6.45) is 3.74. The third kappa shape index (κ3) is 2.49. The SMILES string of the molecule is CCn1ccnc1Nc1ccc(Cl)cc1I. The third-order valence-electron chi connectivity index (χ3n) is 2.23. The summed E-state index contributed by atoms with van der Waals surface area (Å²) in [6, 6.07) is 5.74. The molecular weight excluding hydrogens is 336 g/mol. The first-order valence-corrected chi connectivity index (χ1v) is 6.39. The summed E-state index contributed by atoms with van der Waals surface area (Å²) < 4.78 is 3.13. The normalized spacial score (nSPS) is 10.4. The second-order valence-corrected chi connectivity index (χ2v) is 4.88. The maximum Gasteiger partial charge on any atom is 0.207 e. The van der Waals surface area contributed by atoms with E-state index >= 15 is 0 Å². The van der Waals surface area contributed by atoms with Crippen LogP contribution in [0.25, 0.3) is 0 Å². The zero-order valence-electron chi connectivity index (χ0n) is 8.74. The minimum Gasteiger partial charge on any atom is -0.325 e. The summed E-state index contributed by atoms with van der Waals surface area (Å²) in [4.78, 5) is 4.26. The number of aromatic nitrogens is 2. The van der Waals surface area contributed by atoms with Gasteiger partial charge in [-0.25, -0.2) is 4.98 Å². The fourth-order valence-electron chi connectivity index (χ4n) is 1.40. The number of halogens is 2. The highest BCUT2D eigenvalue weighted by Crippen LogP contribution is 2.24. The molecule has 84 valence electrons. The molecule has 0 bridgehead atoms. The van der Waals surface area contributed by atoms with Crippen LogP contribution >= 0.6 is 34.2 Å². The van der Waals surface area contributed by atoms with Gasteiger partial charge in [-0.15, -0.1) is 0 Å². The van der Waals surface area contributed by atoms with E-state index in [9.17, 15) is 0 Å². The molecule has 1 aromatic heterocycles. The summed E-state index contributed by atoms with van der Waals surface area (Å²) in [5, 5.41) is 4.03. The van der Waals surface area contributed by atoms with Gasteiger partial charge in [0.25, 0.3) is 0 Å². The summed E-state index contributed by atoms with van der Waals surface area (Å²) in [5.41, 5.74) is 1.02. The van der Waals surface area contributed by atoms with Gasteiger partial charge in [0, 0.05) is 27.5 Å². The van der Waals surface area contributed by atoms with Gasteiger partial charge in [0.2, 0.25) is 5.95 Å². The molecule has 0 fully saturated rings. The van der Waals surface area contributed by atoms with Gasteiger partial charge in [0.15, 0.2) is 0 Å². The Morgan fingerprint density at radius 3 is 3.00 bits per heavy atom. The van der Waals surface area contributed by atoms with Crippen molar-refractivity contribution in [1.29, 1.82) is 0 Å². The highest BCUT2D eigenvalue weighted by molar-refractivity contribution is 14.1. The minimum absolute atomic E-state index is 0.744. The van der Waals surface area contributed by atoms with Crippen LogP contribution < -0.4 is 5.32 Å². The zero-order valence-corrected chi connectivity index (χ0v) is 11.7. The Morgan fingerprint density at radius 1 is 1.50 bits per heavy atom. The van der Waals surface area contributed by atoms with Gasteiger partial charge in [-0.3, -0.25) is 0 Å². The molecule has 0 spiro atoms. The number of hydrogen-bond donors (Lipinski definition) is 1. The molecule has 16 heavy (non-hydrogen) atoms. The number of nitrogens with zero attached hydrogens (tertiary/aromatic N) is 2. The van der Waals surface area contributed by atoms with Crippen molar-refractivity contribution in [2.75, 3.05) is 5.32 Å². The third-order valence-corrected chi connectivity index (χ3v) is 3.36. The van der Waals surface area contributed by atoms with Crippen LogP contribution in [0.2, 0.25) is 5.02 Å². The molecule has 1 N–H and O–H groups in total. The largest absolute Gasteiger partial charge is 0.325 e. The second kappa shape index (κ2) is 5.05. The van der Waals surface area contributed by atoms with E-state index in [1.54, 1.807) is 6.20 Å². The Balaban J connectivity index is 2.27. The van der Waals surface area contributed by atoms with Crippen molar-refractivity contribution in [3.63, 3.8) is 0 Å². The highest BCUT2D eigenvalue weighted by atomic mass is 127. The van der Waals surface area contributed by atoms with Crippen LogP contribution in [0.3, 0.4) is 0 Å². The summed E-state index contributed by atoms with van der Waals surface area (Å²) in [6.45, 7) is 2.98. The summed E-state index contributed by atoms with van der Waals surface area (Å²) in [7, 11) is 0. The van der Waals surface area contributed by atoms with Crippen molar-refractivity contribution in [1.82, 2.24) is 9.55 Å². The second-order valence-electron chi connectivity index (χ2n) is 3.29. The molecule has 0 saturated heterocycles. The number of hydrogen-bond acceptors (Lipinski definition) is 2. The quantitative estimate of drug-likeness (QED) is 0.853. The van der Waals surface area contributed by atoms with Gasteiger partial charge in [0.1, 0.15) is 0 Å². The monoisotopic (exact) mass is 347 g/mol. The van der Waals surface area contributed by atoms with Crippen LogP contribution in [0.15, 0.2) is 30.6 Å². The van der Waals surface area contributed by atoms with Crippen molar-refractivity contribution < 1.29 is 0 Å². The number of imidazole rings is 1. The fourth-order valence-corrected chi connectivity index (χ4v) is 2.41. The van der Waals surface area contributed by atoms with Gasteiger partial charge in [-0.1, -0.05) is 11.6 Å². The first-order chi connectivity index (χ1) is 7.70. The lowest BCUT2D eigenvalue weighted by Crippen LogP contribution is -2.02. The molecule has 0 aliphatic heterocycles. The molecular formula is C11H11ClIN3. The molecule has 0 atom stereocenters. The van der Waals surface area contributed by atoms with E-state index in [1.165, 1.54) is 0 Å². The smallest absolute Gasteiger partial charge is 0.207 e. The molecule has 0 amide bonds. The average molecular weight is 348 g/mol. The molecule has 1 heterocycles. The van der Waals surface area contributed by atoms with Gasteiger partial charge in [-0.2, -0.15) is 0 Å². The highest BCUT2D eigenvalue weighted by Gasteiger charge is 2.04. The van der Waals surface area contributed by atoms with Crippen LogP contribution in [-0.2, 0) is 6.54 Å². The van der Waals surface area contributed by atoms with Gasteiger partial charge >= 0.3 is 0 Å². The Bertz CT molecular complexity index is 496. The molecule has 5 heteroatoms. The van der Waals surface area contributed by atoms with Crippen LogP contribution in [0, 0.1) is 3.57 Å². The van der Waals surface area contributed by atoms with Crippen LogP contribution in [-0.4, -0.2) is 9.55 Å². The molecule has 0 unspecified atom stereocenters. The Kier molecular flexibility index (Phi) is 3.70. The molecule has 1 aromatic carbocycles. The Hall–Kier alpha value is -0.750. The molecule has 0 aliphatic rings. The Morgan fingerprint density at radius 2 is 2.31 bits per heavy atom. The topological polar surface area (TPSA) is 29.9 Å². The van der Waals surface area contributed by atoms with Gasteiger partial charge < -0.3 is 9.88 Å².